The minimum absolute atomic E-state index is 0.0367. The number of aliphatic hydroxyl groups is 1. The molecule has 20 heavy (non-hydrogen) atoms. The molecular formula is C13H24N2O3S2. The van der Waals surface area contributed by atoms with E-state index in [1.807, 2.05) is 7.05 Å². The molecule has 0 aliphatic heterocycles. The molecule has 7 heteroatoms. The van der Waals surface area contributed by atoms with Gasteiger partial charge in [0.05, 0.1) is 0 Å². The second-order valence-electron chi connectivity index (χ2n) is 5.02. The van der Waals surface area contributed by atoms with E-state index in [2.05, 4.69) is 23.5 Å². The van der Waals surface area contributed by atoms with E-state index in [-0.39, 0.29) is 6.61 Å². The topological polar surface area (TPSA) is 69.6 Å². The normalized spacial score (nSPS) is 12.5. The maximum atomic E-state index is 12.1. The number of nitrogens with zero attached hydrogens (tertiary/aromatic N) is 1. The molecule has 1 heterocycles. The first-order chi connectivity index (χ1) is 9.36. The van der Waals surface area contributed by atoms with Gasteiger partial charge in [-0.1, -0.05) is 0 Å². The molecule has 5 nitrogen and oxygen atoms in total. The molecule has 0 radical (unpaired) electrons. The molecule has 0 saturated heterocycles. The van der Waals surface area contributed by atoms with Crippen LogP contribution in [-0.4, -0.2) is 51.2 Å². The van der Waals surface area contributed by atoms with E-state index < -0.39 is 10.0 Å². The number of sulfonamides is 1. The summed E-state index contributed by atoms with van der Waals surface area (Å²) in [7, 11) is -1.38. The third-order valence-electron chi connectivity index (χ3n) is 3.12. The molecule has 0 amide bonds. The van der Waals surface area contributed by atoms with Gasteiger partial charge in [-0.3, -0.25) is 0 Å². The lowest BCUT2D eigenvalue weighted by Crippen LogP contribution is -2.31. The number of thiophene rings is 1. The monoisotopic (exact) mass is 320 g/mol. The third kappa shape index (κ3) is 5.49. The van der Waals surface area contributed by atoms with E-state index in [9.17, 15) is 8.42 Å². The summed E-state index contributed by atoms with van der Waals surface area (Å²) < 4.78 is 27.0. The standard InChI is InChI=1S/C13H24N2O3S2/c1-11(2)15(3)9-4-8-14-20(17,18)13-6-5-12(19-13)7-10-16/h5-6,11,14,16H,4,7-10H2,1-3H3. The van der Waals surface area contributed by atoms with Crippen molar-refractivity contribution in [3.63, 3.8) is 0 Å². The molecular weight excluding hydrogens is 296 g/mol. The number of rotatable bonds is 9. The Labute approximate surface area is 125 Å². The summed E-state index contributed by atoms with van der Waals surface area (Å²) in [5.74, 6) is 0. The molecule has 116 valence electrons. The summed E-state index contributed by atoms with van der Waals surface area (Å²) >= 11 is 1.21. The minimum Gasteiger partial charge on any atom is -0.396 e. The average molecular weight is 320 g/mol. The van der Waals surface area contributed by atoms with E-state index >= 15 is 0 Å². The van der Waals surface area contributed by atoms with Crippen LogP contribution < -0.4 is 4.72 Å². The molecule has 0 fully saturated rings. The van der Waals surface area contributed by atoms with Crippen LogP contribution in [0.25, 0.3) is 0 Å². The Bertz CT molecular complexity index is 497. The number of nitrogens with one attached hydrogen (secondary N) is 1. The lowest BCUT2D eigenvalue weighted by Gasteiger charge is -2.20. The van der Waals surface area contributed by atoms with Crippen molar-refractivity contribution in [1.82, 2.24) is 9.62 Å². The van der Waals surface area contributed by atoms with E-state index in [0.29, 0.717) is 23.2 Å². The van der Waals surface area contributed by atoms with Crippen molar-refractivity contribution in [3.05, 3.63) is 17.0 Å². The largest absolute Gasteiger partial charge is 0.396 e. The molecule has 0 saturated carbocycles. The van der Waals surface area contributed by atoms with Crippen LogP contribution >= 0.6 is 11.3 Å². The van der Waals surface area contributed by atoms with Crippen molar-refractivity contribution in [3.8, 4) is 0 Å². The highest BCUT2D eigenvalue weighted by Crippen LogP contribution is 2.21. The van der Waals surface area contributed by atoms with Gasteiger partial charge in [0.2, 0.25) is 10.0 Å². The molecule has 0 aliphatic rings. The van der Waals surface area contributed by atoms with Crippen LogP contribution in [0.15, 0.2) is 16.3 Å². The predicted octanol–water partition coefficient (Wildman–Crippen LogP) is 1.29. The average Bonchev–Trinajstić information content (AvgIpc) is 2.84. The van der Waals surface area contributed by atoms with Gasteiger partial charge < -0.3 is 10.0 Å². The molecule has 0 atom stereocenters. The van der Waals surface area contributed by atoms with Crippen LogP contribution in [0.3, 0.4) is 0 Å². The first-order valence-corrected chi connectivity index (χ1v) is 9.06. The zero-order valence-electron chi connectivity index (χ0n) is 12.3. The van der Waals surface area contributed by atoms with Gasteiger partial charge in [0.1, 0.15) is 4.21 Å². The molecule has 2 N–H and O–H groups in total. The fourth-order valence-electron chi connectivity index (χ4n) is 1.61. The van der Waals surface area contributed by atoms with E-state index in [1.54, 1.807) is 12.1 Å². The van der Waals surface area contributed by atoms with E-state index in [1.165, 1.54) is 11.3 Å². The van der Waals surface area contributed by atoms with Crippen molar-refractivity contribution < 1.29 is 13.5 Å². The fourth-order valence-corrected chi connectivity index (χ4v) is 4.07. The number of hydrogen-bond donors (Lipinski definition) is 2. The Morgan fingerprint density at radius 2 is 2.10 bits per heavy atom. The highest BCUT2D eigenvalue weighted by atomic mass is 32.2. The van der Waals surface area contributed by atoms with Gasteiger partial charge >= 0.3 is 0 Å². The van der Waals surface area contributed by atoms with Crippen molar-refractivity contribution >= 4 is 21.4 Å². The van der Waals surface area contributed by atoms with Gasteiger partial charge in [0.25, 0.3) is 0 Å². The summed E-state index contributed by atoms with van der Waals surface area (Å²) in [5.41, 5.74) is 0. The second-order valence-corrected chi connectivity index (χ2v) is 8.18. The SMILES string of the molecule is CC(C)N(C)CCCNS(=O)(=O)c1ccc(CCO)s1. The summed E-state index contributed by atoms with van der Waals surface area (Å²) in [6, 6.07) is 3.81. The lowest BCUT2D eigenvalue weighted by molar-refractivity contribution is 0.271. The molecule has 1 aromatic rings. The third-order valence-corrected chi connectivity index (χ3v) is 6.22. The van der Waals surface area contributed by atoms with Gasteiger partial charge in [0, 0.05) is 30.5 Å². The highest BCUT2D eigenvalue weighted by molar-refractivity contribution is 7.91. The van der Waals surface area contributed by atoms with Crippen LogP contribution in [0.1, 0.15) is 25.1 Å². The van der Waals surface area contributed by atoms with Crippen LogP contribution in [-0.2, 0) is 16.4 Å². The number of aliphatic hydroxyl groups excluding tert-OH is 1. The Kier molecular flexibility index (Phi) is 7.11. The van der Waals surface area contributed by atoms with Gasteiger partial charge in [-0.25, -0.2) is 13.1 Å². The summed E-state index contributed by atoms with van der Waals surface area (Å²) in [5, 5.41) is 8.84. The van der Waals surface area contributed by atoms with Crippen LogP contribution in [0.5, 0.6) is 0 Å². The molecule has 0 aliphatic carbocycles. The van der Waals surface area contributed by atoms with E-state index in [4.69, 9.17) is 5.11 Å². The molecule has 0 bridgehead atoms. The Hall–Kier alpha value is -0.470. The van der Waals surface area contributed by atoms with Crippen LogP contribution in [0.4, 0.5) is 0 Å². The van der Waals surface area contributed by atoms with E-state index in [0.717, 1.165) is 17.8 Å². The Morgan fingerprint density at radius 1 is 1.40 bits per heavy atom. The fraction of sp³-hybridized carbons (Fsp3) is 0.692. The zero-order chi connectivity index (χ0) is 15.2. The maximum Gasteiger partial charge on any atom is 0.250 e. The van der Waals surface area contributed by atoms with Crippen molar-refractivity contribution in [2.45, 2.75) is 36.9 Å². The first kappa shape index (κ1) is 17.6. The van der Waals surface area contributed by atoms with Gasteiger partial charge in [0.15, 0.2) is 0 Å². The molecule has 0 unspecified atom stereocenters. The minimum atomic E-state index is -3.41. The van der Waals surface area contributed by atoms with Crippen LogP contribution in [0, 0.1) is 0 Å². The lowest BCUT2D eigenvalue weighted by atomic mass is 10.3. The molecule has 1 aromatic heterocycles. The van der Waals surface area contributed by atoms with Crippen LogP contribution in [0.2, 0.25) is 0 Å². The van der Waals surface area contributed by atoms with Crippen molar-refractivity contribution in [1.29, 1.82) is 0 Å². The van der Waals surface area contributed by atoms with Gasteiger partial charge in [-0.05, 0) is 46.0 Å². The number of hydrogen-bond acceptors (Lipinski definition) is 5. The van der Waals surface area contributed by atoms with Crippen molar-refractivity contribution in [2.75, 3.05) is 26.7 Å². The molecule has 0 spiro atoms. The van der Waals surface area contributed by atoms with Crippen molar-refractivity contribution in [2.24, 2.45) is 0 Å². The summed E-state index contributed by atoms with van der Waals surface area (Å²) in [4.78, 5) is 3.06. The van der Waals surface area contributed by atoms with Gasteiger partial charge in [-0.15, -0.1) is 11.3 Å². The highest BCUT2D eigenvalue weighted by Gasteiger charge is 2.16. The smallest absolute Gasteiger partial charge is 0.250 e. The maximum absolute atomic E-state index is 12.1. The molecule has 1 rings (SSSR count). The summed E-state index contributed by atoms with van der Waals surface area (Å²) in [6.45, 7) is 5.55. The molecule has 0 aromatic carbocycles. The predicted molar refractivity (Wildman–Crippen MR) is 82.7 cm³/mol. The Balaban J connectivity index is 2.45. The second kappa shape index (κ2) is 8.09. The quantitative estimate of drug-likeness (QED) is 0.673. The summed E-state index contributed by atoms with van der Waals surface area (Å²) in [6.07, 6.45) is 1.28. The zero-order valence-corrected chi connectivity index (χ0v) is 13.9. The Morgan fingerprint density at radius 3 is 2.70 bits per heavy atom. The first-order valence-electron chi connectivity index (χ1n) is 6.76. The van der Waals surface area contributed by atoms with Gasteiger partial charge in [-0.2, -0.15) is 0 Å².